The minimum atomic E-state index is -3.39. The molecule has 0 aliphatic heterocycles. The second kappa shape index (κ2) is 6.12. The molecular weight excluding hydrogens is 284 g/mol. The Kier molecular flexibility index (Phi) is 5.02. The maximum Gasteiger partial charge on any atom is 0.242 e. The molecule has 1 atom stereocenters. The molecule has 0 fully saturated rings. The highest BCUT2D eigenvalue weighted by Crippen LogP contribution is 2.11. The lowest BCUT2D eigenvalue weighted by atomic mass is 10.1. The van der Waals surface area contributed by atoms with Crippen LogP contribution in [0.15, 0.2) is 24.3 Å². The summed E-state index contributed by atoms with van der Waals surface area (Å²) in [5, 5.41) is 1.47. The lowest BCUT2D eigenvalue weighted by Crippen LogP contribution is -2.31. The van der Waals surface area contributed by atoms with Crippen molar-refractivity contribution in [1.82, 2.24) is 0 Å². The normalized spacial score (nSPS) is 12.7. The van der Waals surface area contributed by atoms with E-state index in [1.54, 1.807) is 24.3 Å². The molecule has 0 heterocycles. The Hall–Kier alpha value is -1.47. The highest BCUT2D eigenvalue weighted by Gasteiger charge is 2.23. The van der Waals surface area contributed by atoms with Gasteiger partial charge in [-0.15, -0.1) is 0 Å². The molecule has 3 N–H and O–H groups in total. The molecule has 0 spiro atoms. The van der Waals surface area contributed by atoms with Gasteiger partial charge in [-0.1, -0.05) is 24.4 Å². The minimum Gasteiger partial charge on any atom is -0.393 e. The van der Waals surface area contributed by atoms with Crippen molar-refractivity contribution < 1.29 is 13.2 Å². The summed E-state index contributed by atoms with van der Waals surface area (Å²) in [6.07, 6.45) is 1.52. The van der Waals surface area contributed by atoms with Crippen molar-refractivity contribution in [2.75, 3.05) is 11.6 Å². The Morgan fingerprint density at radius 3 is 2.32 bits per heavy atom. The van der Waals surface area contributed by atoms with Crippen molar-refractivity contribution >= 4 is 38.6 Å². The average Bonchev–Trinajstić information content (AvgIpc) is 2.28. The Balaban J connectivity index is 2.73. The molecule has 19 heavy (non-hydrogen) atoms. The summed E-state index contributed by atoms with van der Waals surface area (Å²) in [5.41, 5.74) is 6.89. The molecule has 1 unspecified atom stereocenters. The van der Waals surface area contributed by atoms with Crippen molar-refractivity contribution in [3.63, 3.8) is 0 Å². The second-order valence-corrected chi connectivity index (χ2v) is 7.19. The first-order valence-electron chi connectivity index (χ1n) is 5.57. The van der Waals surface area contributed by atoms with Crippen molar-refractivity contribution in [3.8, 4) is 0 Å². The Morgan fingerprint density at radius 2 is 1.89 bits per heavy atom. The van der Waals surface area contributed by atoms with Gasteiger partial charge in [0.1, 0.15) is 5.25 Å². The Morgan fingerprint density at radius 1 is 1.37 bits per heavy atom. The summed E-state index contributed by atoms with van der Waals surface area (Å²) in [7, 11) is -3.39. The van der Waals surface area contributed by atoms with E-state index in [0.717, 1.165) is 11.8 Å². The Bertz CT molecular complexity index is 579. The predicted octanol–water partition coefficient (Wildman–Crippen LogP) is 0.887. The van der Waals surface area contributed by atoms with E-state index < -0.39 is 21.0 Å². The van der Waals surface area contributed by atoms with E-state index in [1.165, 1.54) is 6.92 Å². The molecular formula is C12H16N2O3S2. The highest BCUT2D eigenvalue weighted by molar-refractivity contribution is 7.92. The fourth-order valence-corrected chi connectivity index (χ4v) is 1.96. The smallest absolute Gasteiger partial charge is 0.242 e. The predicted molar refractivity (Wildman–Crippen MR) is 79.9 cm³/mol. The first-order valence-corrected chi connectivity index (χ1v) is 7.93. The van der Waals surface area contributed by atoms with Crippen LogP contribution in [0.4, 0.5) is 5.69 Å². The molecule has 0 bridgehead atoms. The zero-order valence-corrected chi connectivity index (χ0v) is 12.3. The van der Waals surface area contributed by atoms with Gasteiger partial charge in [-0.05, 0) is 24.6 Å². The molecule has 0 radical (unpaired) electrons. The third-order valence-electron chi connectivity index (χ3n) is 2.61. The van der Waals surface area contributed by atoms with Gasteiger partial charge in [-0.25, -0.2) is 8.42 Å². The molecule has 1 amide bonds. The van der Waals surface area contributed by atoms with Crippen molar-refractivity contribution in [2.45, 2.75) is 18.6 Å². The molecule has 1 aromatic rings. The zero-order valence-electron chi connectivity index (χ0n) is 10.7. The quantitative estimate of drug-likeness (QED) is 0.788. The third kappa shape index (κ3) is 4.96. The Labute approximate surface area is 118 Å². The number of carbonyl (C=O) groups excluding carboxylic acids is 1. The molecule has 7 heteroatoms. The highest BCUT2D eigenvalue weighted by atomic mass is 32.2. The largest absolute Gasteiger partial charge is 0.393 e. The number of anilines is 1. The maximum atomic E-state index is 11.7. The van der Waals surface area contributed by atoms with Crippen LogP contribution in [0.1, 0.15) is 12.5 Å². The van der Waals surface area contributed by atoms with E-state index in [-0.39, 0.29) is 0 Å². The van der Waals surface area contributed by atoms with Gasteiger partial charge >= 0.3 is 0 Å². The van der Waals surface area contributed by atoms with Crippen LogP contribution in [0.5, 0.6) is 0 Å². The number of hydrogen-bond acceptors (Lipinski definition) is 4. The number of benzene rings is 1. The van der Waals surface area contributed by atoms with Gasteiger partial charge in [0.05, 0.1) is 4.99 Å². The summed E-state index contributed by atoms with van der Waals surface area (Å²) < 4.78 is 22.5. The van der Waals surface area contributed by atoms with E-state index in [9.17, 15) is 13.2 Å². The average molecular weight is 300 g/mol. The summed E-state index contributed by atoms with van der Waals surface area (Å²) in [6.45, 7) is 1.35. The van der Waals surface area contributed by atoms with Gasteiger partial charge in [-0.2, -0.15) is 0 Å². The lowest BCUT2D eigenvalue weighted by Gasteiger charge is -2.10. The fourth-order valence-electron chi connectivity index (χ4n) is 1.35. The van der Waals surface area contributed by atoms with Gasteiger partial charge < -0.3 is 11.1 Å². The molecule has 0 saturated carbocycles. The molecule has 0 saturated heterocycles. The molecule has 0 aromatic heterocycles. The van der Waals surface area contributed by atoms with Crippen LogP contribution in [0, 0.1) is 0 Å². The molecule has 1 aromatic carbocycles. The van der Waals surface area contributed by atoms with Crippen LogP contribution >= 0.6 is 12.2 Å². The van der Waals surface area contributed by atoms with Crippen molar-refractivity contribution in [1.29, 1.82) is 0 Å². The van der Waals surface area contributed by atoms with Crippen LogP contribution in [0.2, 0.25) is 0 Å². The third-order valence-corrected chi connectivity index (χ3v) is 4.25. The maximum absolute atomic E-state index is 11.7. The first-order chi connectivity index (χ1) is 8.70. The van der Waals surface area contributed by atoms with E-state index in [0.29, 0.717) is 17.1 Å². The number of nitrogens with two attached hydrogens (primary N) is 1. The number of nitrogens with one attached hydrogen (secondary N) is 1. The molecule has 0 aliphatic carbocycles. The van der Waals surface area contributed by atoms with Gasteiger partial charge in [0, 0.05) is 18.4 Å². The standard InChI is InChI=1S/C12H16N2O3S2/c1-8(19(2,16)17)12(15)14-10-5-3-9(4-6-10)7-11(13)18/h3-6,8H,7H2,1-2H3,(H2,13,18)(H,14,15). The number of thiocarbonyl (C=S) groups is 1. The fraction of sp³-hybridized carbons (Fsp3) is 0.333. The number of sulfone groups is 1. The summed E-state index contributed by atoms with van der Waals surface area (Å²) in [5.74, 6) is -0.551. The second-order valence-electron chi connectivity index (χ2n) is 4.30. The molecule has 1 rings (SSSR count). The minimum absolute atomic E-state index is 0.391. The van der Waals surface area contributed by atoms with Crippen LogP contribution in [0.3, 0.4) is 0 Å². The summed E-state index contributed by atoms with van der Waals surface area (Å²) in [6, 6.07) is 6.92. The summed E-state index contributed by atoms with van der Waals surface area (Å²) in [4.78, 5) is 12.1. The number of carbonyl (C=O) groups is 1. The lowest BCUT2D eigenvalue weighted by molar-refractivity contribution is -0.115. The van der Waals surface area contributed by atoms with Crippen LogP contribution in [-0.4, -0.2) is 30.8 Å². The number of amides is 1. The van der Waals surface area contributed by atoms with E-state index in [4.69, 9.17) is 18.0 Å². The molecule has 104 valence electrons. The number of rotatable bonds is 5. The van der Waals surface area contributed by atoms with Crippen LogP contribution < -0.4 is 11.1 Å². The van der Waals surface area contributed by atoms with Gasteiger partial charge in [0.25, 0.3) is 0 Å². The SMILES string of the molecule is CC(C(=O)Nc1ccc(CC(N)=S)cc1)S(C)(=O)=O. The van der Waals surface area contributed by atoms with Crippen LogP contribution in [0.25, 0.3) is 0 Å². The van der Waals surface area contributed by atoms with Crippen molar-refractivity contribution in [2.24, 2.45) is 5.73 Å². The van der Waals surface area contributed by atoms with Gasteiger partial charge in [-0.3, -0.25) is 4.79 Å². The zero-order chi connectivity index (χ0) is 14.6. The number of hydrogen-bond donors (Lipinski definition) is 2. The summed E-state index contributed by atoms with van der Waals surface area (Å²) >= 11 is 4.80. The van der Waals surface area contributed by atoms with Gasteiger partial charge in [0.15, 0.2) is 9.84 Å². The molecule has 0 aliphatic rings. The first kappa shape index (κ1) is 15.6. The van der Waals surface area contributed by atoms with Crippen LogP contribution in [-0.2, 0) is 21.1 Å². The molecule has 5 nitrogen and oxygen atoms in total. The topological polar surface area (TPSA) is 89.3 Å². The monoisotopic (exact) mass is 300 g/mol. The van der Waals surface area contributed by atoms with E-state index in [1.807, 2.05) is 0 Å². The van der Waals surface area contributed by atoms with E-state index >= 15 is 0 Å². The van der Waals surface area contributed by atoms with Gasteiger partial charge in [0.2, 0.25) is 5.91 Å². The van der Waals surface area contributed by atoms with Crippen molar-refractivity contribution in [3.05, 3.63) is 29.8 Å². The van der Waals surface area contributed by atoms with E-state index in [2.05, 4.69) is 5.32 Å².